The molecule has 1 amide bonds. The molecule has 0 aliphatic carbocycles. The van der Waals surface area contributed by atoms with Crippen molar-refractivity contribution >= 4 is 35.8 Å². The molecule has 2 aliphatic heterocycles. The number of aliphatic imine (C=N–C) groups is 1. The number of halogens is 1. The monoisotopic (exact) mass is 458 g/mol. The predicted octanol–water partition coefficient (Wildman–Crippen LogP) is 1.96. The van der Waals surface area contributed by atoms with E-state index < -0.39 is 0 Å². The van der Waals surface area contributed by atoms with Gasteiger partial charge in [0.05, 0.1) is 6.61 Å². The zero-order valence-electron chi connectivity index (χ0n) is 14.8. The molecule has 1 aromatic carbocycles. The second-order valence-electron chi connectivity index (χ2n) is 6.48. The molecule has 0 aromatic heterocycles. The van der Waals surface area contributed by atoms with Crippen LogP contribution in [0.25, 0.3) is 0 Å². The molecule has 1 fully saturated rings. The quantitative estimate of drug-likeness (QED) is 0.413. The number of hydrogen-bond acceptors (Lipinski definition) is 3. The number of benzene rings is 1. The molecular weight excluding hydrogens is 431 g/mol. The fourth-order valence-electron chi connectivity index (χ4n) is 3.37. The molecule has 2 unspecified atom stereocenters. The van der Waals surface area contributed by atoms with E-state index in [2.05, 4.69) is 27.8 Å². The van der Waals surface area contributed by atoms with Crippen molar-refractivity contribution in [2.45, 2.75) is 31.2 Å². The van der Waals surface area contributed by atoms with Gasteiger partial charge in [0.1, 0.15) is 5.75 Å². The fraction of sp³-hybridized carbons (Fsp3) is 0.556. The van der Waals surface area contributed by atoms with Crippen molar-refractivity contribution in [3.05, 3.63) is 29.8 Å². The van der Waals surface area contributed by atoms with E-state index in [1.807, 2.05) is 19.2 Å². The van der Waals surface area contributed by atoms with Crippen LogP contribution in [0, 0.1) is 0 Å². The Morgan fingerprint density at radius 3 is 2.92 bits per heavy atom. The van der Waals surface area contributed by atoms with Crippen LogP contribution >= 0.6 is 24.0 Å². The van der Waals surface area contributed by atoms with Crippen LogP contribution < -0.4 is 15.4 Å². The van der Waals surface area contributed by atoms with Gasteiger partial charge in [0.15, 0.2) is 5.96 Å². The lowest BCUT2D eigenvalue weighted by Crippen LogP contribution is -2.52. The highest BCUT2D eigenvalue weighted by Gasteiger charge is 2.24. The topological polar surface area (TPSA) is 66.0 Å². The van der Waals surface area contributed by atoms with Crippen LogP contribution in [0.3, 0.4) is 0 Å². The van der Waals surface area contributed by atoms with Crippen molar-refractivity contribution in [2.75, 3.05) is 33.8 Å². The molecule has 3 rings (SSSR count). The summed E-state index contributed by atoms with van der Waals surface area (Å²) in [7, 11) is 3.64. The molecule has 7 heteroatoms. The van der Waals surface area contributed by atoms with E-state index >= 15 is 0 Å². The minimum Gasteiger partial charge on any atom is -0.493 e. The number of para-hydroxylation sites is 1. The van der Waals surface area contributed by atoms with Crippen molar-refractivity contribution in [3.63, 3.8) is 0 Å². The Labute approximate surface area is 166 Å². The van der Waals surface area contributed by atoms with Gasteiger partial charge in [-0.05, 0) is 24.5 Å². The third kappa shape index (κ3) is 4.99. The highest BCUT2D eigenvalue weighted by Crippen LogP contribution is 2.32. The standard InChI is InChI=1S/C18H26N4O2.HI/c1-19-18(21-14-7-8-17(23)22(2)12-14)20-11-13-9-10-24-16-6-4-3-5-15(13)16;/h3-6,13-14H,7-12H2,1-2H3,(H2,19,20,21);1H. The first kappa shape index (κ1) is 19.8. The molecule has 0 radical (unpaired) electrons. The first-order chi connectivity index (χ1) is 11.7. The van der Waals surface area contributed by atoms with Gasteiger partial charge in [-0.25, -0.2) is 0 Å². The van der Waals surface area contributed by atoms with E-state index in [1.54, 1.807) is 11.9 Å². The van der Waals surface area contributed by atoms with E-state index in [1.165, 1.54) is 5.56 Å². The van der Waals surface area contributed by atoms with Gasteiger partial charge in [-0.15, -0.1) is 24.0 Å². The summed E-state index contributed by atoms with van der Waals surface area (Å²) in [6.07, 6.45) is 2.45. The van der Waals surface area contributed by atoms with Gasteiger partial charge in [-0.2, -0.15) is 0 Å². The Kier molecular flexibility index (Phi) is 7.34. The van der Waals surface area contributed by atoms with Crippen LogP contribution in [0.2, 0.25) is 0 Å². The van der Waals surface area contributed by atoms with Crippen LogP contribution in [0.4, 0.5) is 0 Å². The first-order valence-corrected chi connectivity index (χ1v) is 8.60. The predicted molar refractivity (Wildman–Crippen MR) is 110 cm³/mol. The Morgan fingerprint density at radius 2 is 2.16 bits per heavy atom. The van der Waals surface area contributed by atoms with E-state index in [0.29, 0.717) is 12.3 Å². The summed E-state index contributed by atoms with van der Waals surface area (Å²) >= 11 is 0. The van der Waals surface area contributed by atoms with Crippen molar-refractivity contribution in [1.82, 2.24) is 15.5 Å². The Morgan fingerprint density at radius 1 is 1.36 bits per heavy atom. The van der Waals surface area contributed by atoms with Crippen LogP contribution in [0.1, 0.15) is 30.7 Å². The molecule has 2 N–H and O–H groups in total. The molecule has 2 heterocycles. The lowest BCUT2D eigenvalue weighted by molar-refractivity contribution is -0.132. The highest BCUT2D eigenvalue weighted by atomic mass is 127. The zero-order valence-corrected chi connectivity index (χ0v) is 17.2. The number of ether oxygens (including phenoxy) is 1. The van der Waals surface area contributed by atoms with Crippen LogP contribution in [0.5, 0.6) is 5.75 Å². The number of nitrogens with one attached hydrogen (secondary N) is 2. The second kappa shape index (κ2) is 9.26. The lowest BCUT2D eigenvalue weighted by atomic mass is 9.93. The number of hydrogen-bond donors (Lipinski definition) is 2. The minimum absolute atomic E-state index is 0. The molecule has 6 nitrogen and oxygen atoms in total. The maximum atomic E-state index is 11.6. The van der Waals surface area contributed by atoms with Gasteiger partial charge in [-0.1, -0.05) is 18.2 Å². The Hall–Kier alpha value is -1.51. The molecule has 0 spiro atoms. The average Bonchev–Trinajstić information content (AvgIpc) is 2.61. The fourth-order valence-corrected chi connectivity index (χ4v) is 3.37. The maximum Gasteiger partial charge on any atom is 0.222 e. The van der Waals surface area contributed by atoms with Crippen molar-refractivity contribution in [1.29, 1.82) is 0 Å². The summed E-state index contributed by atoms with van der Waals surface area (Å²) in [5, 5.41) is 6.87. The molecule has 25 heavy (non-hydrogen) atoms. The van der Waals surface area contributed by atoms with Gasteiger partial charge >= 0.3 is 0 Å². The van der Waals surface area contributed by atoms with Crippen molar-refractivity contribution in [2.24, 2.45) is 4.99 Å². The summed E-state index contributed by atoms with van der Waals surface area (Å²) in [4.78, 5) is 17.7. The van der Waals surface area contributed by atoms with Gasteiger partial charge in [0.2, 0.25) is 5.91 Å². The third-order valence-corrected chi connectivity index (χ3v) is 4.79. The number of fused-ring (bicyclic) bond motifs is 1. The number of carbonyl (C=O) groups excluding carboxylic acids is 1. The van der Waals surface area contributed by atoms with E-state index in [0.717, 1.165) is 44.2 Å². The van der Waals surface area contributed by atoms with Crippen molar-refractivity contribution in [3.8, 4) is 5.75 Å². The highest BCUT2D eigenvalue weighted by molar-refractivity contribution is 14.0. The average molecular weight is 458 g/mol. The summed E-state index contributed by atoms with van der Waals surface area (Å²) in [5.74, 6) is 2.43. The summed E-state index contributed by atoms with van der Waals surface area (Å²) in [6.45, 7) is 2.30. The van der Waals surface area contributed by atoms with Crippen molar-refractivity contribution < 1.29 is 9.53 Å². The molecule has 138 valence electrons. The summed E-state index contributed by atoms with van der Waals surface area (Å²) in [5.41, 5.74) is 1.26. The Bertz CT molecular complexity index is 623. The third-order valence-electron chi connectivity index (χ3n) is 4.79. The number of guanidine groups is 1. The Balaban J connectivity index is 0.00000225. The first-order valence-electron chi connectivity index (χ1n) is 8.60. The molecule has 2 atom stereocenters. The van der Waals surface area contributed by atoms with E-state index in [9.17, 15) is 4.79 Å². The number of rotatable bonds is 3. The number of nitrogens with zero attached hydrogens (tertiary/aromatic N) is 2. The largest absolute Gasteiger partial charge is 0.493 e. The zero-order chi connectivity index (χ0) is 16.9. The molecule has 1 saturated heterocycles. The molecule has 2 aliphatic rings. The van der Waals surface area contributed by atoms with E-state index in [-0.39, 0.29) is 35.9 Å². The number of amides is 1. The number of likely N-dealkylation sites (N-methyl/N-ethyl adjacent to an activating group) is 1. The van der Waals surface area contributed by atoms with Gasteiger partial charge in [0, 0.05) is 45.6 Å². The molecule has 1 aromatic rings. The van der Waals surface area contributed by atoms with E-state index in [4.69, 9.17) is 4.74 Å². The van der Waals surface area contributed by atoms with Gasteiger partial charge in [0.25, 0.3) is 0 Å². The van der Waals surface area contributed by atoms with Gasteiger partial charge < -0.3 is 20.3 Å². The summed E-state index contributed by atoms with van der Waals surface area (Å²) < 4.78 is 5.72. The summed E-state index contributed by atoms with van der Waals surface area (Å²) in [6, 6.07) is 8.49. The molecule has 0 bridgehead atoms. The minimum atomic E-state index is 0. The molecule has 0 saturated carbocycles. The molecular formula is C18H27IN4O2. The van der Waals surface area contributed by atoms with Crippen LogP contribution in [0.15, 0.2) is 29.3 Å². The second-order valence-corrected chi connectivity index (χ2v) is 6.48. The van der Waals surface area contributed by atoms with Crippen LogP contribution in [-0.2, 0) is 4.79 Å². The number of carbonyl (C=O) groups is 1. The van der Waals surface area contributed by atoms with Gasteiger partial charge in [-0.3, -0.25) is 9.79 Å². The SMILES string of the molecule is CN=C(NCC1CCOc2ccccc21)NC1CCC(=O)N(C)C1.I. The smallest absolute Gasteiger partial charge is 0.222 e. The maximum absolute atomic E-state index is 11.6. The number of likely N-dealkylation sites (tertiary alicyclic amines) is 1. The number of piperidine rings is 1. The lowest BCUT2D eigenvalue weighted by Gasteiger charge is -2.32. The normalized spacial score (nSPS) is 23.2. The van der Waals surface area contributed by atoms with Crippen LogP contribution in [-0.4, -0.2) is 56.6 Å².